The molecular formula is C23H25N5O2. The maximum atomic E-state index is 13.3. The molecule has 1 saturated heterocycles. The summed E-state index contributed by atoms with van der Waals surface area (Å²) < 4.78 is 5.42. The van der Waals surface area contributed by atoms with Crippen LogP contribution in [0.2, 0.25) is 0 Å². The summed E-state index contributed by atoms with van der Waals surface area (Å²) in [6.07, 6.45) is 6.94. The van der Waals surface area contributed by atoms with Gasteiger partial charge in [0.15, 0.2) is 0 Å². The summed E-state index contributed by atoms with van der Waals surface area (Å²) in [4.78, 5) is 30.5. The normalized spacial score (nSPS) is 20.7. The van der Waals surface area contributed by atoms with E-state index < -0.39 is 0 Å². The van der Waals surface area contributed by atoms with Gasteiger partial charge < -0.3 is 19.5 Å². The number of rotatable bonds is 2. The zero-order valence-electron chi connectivity index (χ0n) is 17.1. The highest BCUT2D eigenvalue weighted by Gasteiger charge is 2.39. The Balaban J connectivity index is 1.40. The van der Waals surface area contributed by atoms with Gasteiger partial charge in [-0.25, -0.2) is 9.97 Å². The average molecular weight is 403 g/mol. The van der Waals surface area contributed by atoms with Crippen molar-refractivity contribution in [3.63, 3.8) is 0 Å². The number of nitrogens with zero attached hydrogens (tertiary/aromatic N) is 4. The van der Waals surface area contributed by atoms with Crippen molar-refractivity contribution in [1.82, 2.24) is 19.9 Å². The molecule has 0 saturated carbocycles. The van der Waals surface area contributed by atoms with Crippen molar-refractivity contribution in [1.29, 1.82) is 0 Å². The molecule has 1 atom stereocenters. The molecule has 3 aromatic rings. The van der Waals surface area contributed by atoms with Crippen molar-refractivity contribution in [2.24, 2.45) is 0 Å². The molecule has 1 amide bonds. The quantitative estimate of drug-likeness (QED) is 0.711. The van der Waals surface area contributed by atoms with E-state index in [4.69, 9.17) is 9.72 Å². The summed E-state index contributed by atoms with van der Waals surface area (Å²) in [6, 6.07) is 6.12. The smallest absolute Gasteiger partial charge is 0.257 e. The zero-order chi connectivity index (χ0) is 20.2. The fraction of sp³-hybridized carbons (Fsp3) is 0.435. The van der Waals surface area contributed by atoms with Crippen LogP contribution >= 0.6 is 0 Å². The van der Waals surface area contributed by atoms with E-state index in [1.54, 1.807) is 13.3 Å². The molecule has 1 unspecified atom stereocenters. The molecule has 5 heterocycles. The number of aromatic amines is 1. The van der Waals surface area contributed by atoms with Crippen LogP contribution in [0.25, 0.3) is 10.9 Å². The lowest BCUT2D eigenvalue weighted by molar-refractivity contribution is 0.0624. The maximum absolute atomic E-state index is 13.3. The van der Waals surface area contributed by atoms with Gasteiger partial charge in [-0.1, -0.05) is 0 Å². The topological polar surface area (TPSA) is 74.3 Å². The molecule has 1 N–H and O–H groups in total. The Hall–Kier alpha value is -3.09. The number of piperidine rings is 1. The Morgan fingerprint density at radius 3 is 2.87 bits per heavy atom. The van der Waals surface area contributed by atoms with Crippen LogP contribution in [0, 0.1) is 0 Å². The van der Waals surface area contributed by atoms with Crippen LogP contribution in [-0.4, -0.2) is 52.5 Å². The number of hydrogen-bond acceptors (Lipinski definition) is 5. The standard InChI is InChI=1S/C23H25N5O2/c1-30-14-5-6-18-16(11-14)15-7-10-28-20(21(15)25-18)12-19-17(22(28)29)13-24-23(26-19)27-8-3-2-4-9-27/h5-6,11,13,20,25H,2-4,7-10,12H2,1H3. The van der Waals surface area contributed by atoms with Crippen LogP contribution in [0.3, 0.4) is 0 Å². The molecule has 0 aliphatic carbocycles. The minimum atomic E-state index is -0.00347. The van der Waals surface area contributed by atoms with E-state index in [2.05, 4.69) is 27.0 Å². The molecule has 30 heavy (non-hydrogen) atoms. The zero-order valence-corrected chi connectivity index (χ0v) is 17.1. The molecule has 7 heteroatoms. The first-order valence-electron chi connectivity index (χ1n) is 10.8. The molecule has 0 spiro atoms. The third kappa shape index (κ3) is 2.61. The van der Waals surface area contributed by atoms with E-state index in [-0.39, 0.29) is 11.9 Å². The SMILES string of the molecule is COc1ccc2[nH]c3c(c2c1)CCN1C(=O)c2cnc(N4CCCCC4)nc2CC31. The van der Waals surface area contributed by atoms with E-state index >= 15 is 0 Å². The van der Waals surface area contributed by atoms with Gasteiger partial charge in [-0.3, -0.25) is 4.79 Å². The largest absolute Gasteiger partial charge is 0.497 e. The first-order chi connectivity index (χ1) is 14.7. The van der Waals surface area contributed by atoms with E-state index in [0.29, 0.717) is 12.1 Å². The third-order valence-electron chi connectivity index (χ3n) is 6.83. The highest BCUT2D eigenvalue weighted by molar-refractivity contribution is 5.97. The molecule has 1 fully saturated rings. The van der Waals surface area contributed by atoms with Crippen molar-refractivity contribution < 1.29 is 9.53 Å². The van der Waals surface area contributed by atoms with Gasteiger partial charge >= 0.3 is 0 Å². The number of carbonyl (C=O) groups is 1. The summed E-state index contributed by atoms with van der Waals surface area (Å²) in [7, 11) is 1.69. The summed E-state index contributed by atoms with van der Waals surface area (Å²) in [5.41, 5.74) is 5.07. The van der Waals surface area contributed by atoms with Crippen LogP contribution in [0.15, 0.2) is 24.4 Å². The first-order valence-corrected chi connectivity index (χ1v) is 10.8. The lowest BCUT2D eigenvalue weighted by Gasteiger charge is -2.39. The number of carbonyl (C=O) groups excluding carboxylic acids is 1. The van der Waals surface area contributed by atoms with Crippen molar-refractivity contribution in [2.45, 2.75) is 38.1 Å². The summed E-state index contributed by atoms with van der Waals surface area (Å²) in [6.45, 7) is 2.71. The van der Waals surface area contributed by atoms with E-state index in [9.17, 15) is 4.79 Å². The highest BCUT2D eigenvalue weighted by atomic mass is 16.5. The van der Waals surface area contributed by atoms with Gasteiger partial charge in [0, 0.05) is 48.8 Å². The van der Waals surface area contributed by atoms with Crippen LogP contribution in [0.5, 0.6) is 5.75 Å². The van der Waals surface area contributed by atoms with Gasteiger partial charge in [0.25, 0.3) is 5.91 Å². The number of amides is 1. The fourth-order valence-electron chi connectivity index (χ4n) is 5.25. The Bertz CT molecular complexity index is 1150. The molecule has 1 aromatic carbocycles. The Kier molecular flexibility index (Phi) is 3.97. The van der Waals surface area contributed by atoms with Gasteiger partial charge in [-0.2, -0.15) is 0 Å². The number of methoxy groups -OCH3 is 1. The minimum Gasteiger partial charge on any atom is -0.497 e. The Labute approximate surface area is 175 Å². The van der Waals surface area contributed by atoms with E-state index in [1.807, 2.05) is 11.0 Å². The number of nitrogens with one attached hydrogen (secondary N) is 1. The molecule has 6 rings (SSSR count). The van der Waals surface area contributed by atoms with Crippen LogP contribution in [0.1, 0.15) is 52.6 Å². The Morgan fingerprint density at radius 1 is 1.17 bits per heavy atom. The van der Waals surface area contributed by atoms with Crippen molar-refractivity contribution in [3.8, 4) is 5.75 Å². The second-order valence-electron chi connectivity index (χ2n) is 8.48. The first kappa shape index (κ1) is 17.7. The van der Waals surface area contributed by atoms with Crippen LogP contribution < -0.4 is 9.64 Å². The number of ether oxygens (including phenoxy) is 1. The number of aromatic nitrogens is 3. The van der Waals surface area contributed by atoms with Crippen molar-refractivity contribution in [2.75, 3.05) is 31.6 Å². The lowest BCUT2D eigenvalue weighted by atomic mass is 9.89. The van der Waals surface area contributed by atoms with Gasteiger partial charge in [-0.15, -0.1) is 0 Å². The third-order valence-corrected chi connectivity index (χ3v) is 6.83. The second kappa shape index (κ2) is 6.72. The lowest BCUT2D eigenvalue weighted by Crippen LogP contribution is -2.45. The molecule has 3 aliphatic heterocycles. The summed E-state index contributed by atoms with van der Waals surface area (Å²) in [5, 5.41) is 1.19. The van der Waals surface area contributed by atoms with E-state index in [1.165, 1.54) is 30.2 Å². The molecule has 2 aromatic heterocycles. The minimum absolute atomic E-state index is 0.00347. The van der Waals surface area contributed by atoms with E-state index in [0.717, 1.165) is 54.5 Å². The van der Waals surface area contributed by atoms with Crippen molar-refractivity contribution >= 4 is 22.8 Å². The molecule has 7 nitrogen and oxygen atoms in total. The average Bonchev–Trinajstić information content (AvgIpc) is 3.18. The number of benzene rings is 1. The monoisotopic (exact) mass is 403 g/mol. The maximum Gasteiger partial charge on any atom is 0.257 e. The number of hydrogen-bond donors (Lipinski definition) is 1. The number of anilines is 1. The van der Waals surface area contributed by atoms with Gasteiger partial charge in [0.2, 0.25) is 5.95 Å². The number of fused-ring (bicyclic) bond motifs is 6. The summed E-state index contributed by atoms with van der Waals surface area (Å²) >= 11 is 0. The van der Waals surface area contributed by atoms with Crippen LogP contribution in [-0.2, 0) is 12.8 Å². The molecule has 0 bridgehead atoms. The van der Waals surface area contributed by atoms with Crippen LogP contribution in [0.4, 0.5) is 5.95 Å². The van der Waals surface area contributed by atoms with Gasteiger partial charge in [0.1, 0.15) is 5.75 Å². The molecule has 0 radical (unpaired) electrons. The summed E-state index contributed by atoms with van der Waals surface area (Å²) in [5.74, 6) is 1.68. The second-order valence-corrected chi connectivity index (χ2v) is 8.48. The van der Waals surface area contributed by atoms with Crippen molar-refractivity contribution in [3.05, 3.63) is 46.9 Å². The molecule has 3 aliphatic rings. The highest BCUT2D eigenvalue weighted by Crippen LogP contribution is 2.40. The number of H-pyrrole nitrogens is 1. The Morgan fingerprint density at radius 2 is 2.03 bits per heavy atom. The molecule has 154 valence electrons. The fourth-order valence-corrected chi connectivity index (χ4v) is 5.25. The van der Waals surface area contributed by atoms with Gasteiger partial charge in [0.05, 0.1) is 24.4 Å². The predicted molar refractivity (Wildman–Crippen MR) is 114 cm³/mol. The van der Waals surface area contributed by atoms with Gasteiger partial charge in [-0.05, 0) is 49.4 Å². The predicted octanol–water partition coefficient (Wildman–Crippen LogP) is 3.25. The molecular weight excluding hydrogens is 378 g/mol.